The van der Waals surface area contributed by atoms with Gasteiger partial charge in [-0.25, -0.2) is 4.79 Å². The number of nitrogens with zero attached hydrogens (tertiary/aromatic N) is 1. The van der Waals surface area contributed by atoms with Gasteiger partial charge in [0.05, 0.1) is 13.2 Å². The molecular formula is C21H22F3NO4. The number of aliphatic hydroxyl groups excluding tert-OH is 1. The number of fused-ring (bicyclic) bond motifs is 3. The van der Waals surface area contributed by atoms with Crippen LogP contribution in [0.3, 0.4) is 0 Å². The van der Waals surface area contributed by atoms with Crippen molar-refractivity contribution in [3.05, 3.63) is 59.7 Å². The minimum Gasteiger partial charge on any atom is -0.448 e. The van der Waals surface area contributed by atoms with Gasteiger partial charge in [-0.1, -0.05) is 48.5 Å². The summed E-state index contributed by atoms with van der Waals surface area (Å²) in [7, 11) is 0. The second-order valence-corrected chi connectivity index (χ2v) is 6.68. The van der Waals surface area contributed by atoms with Crippen molar-refractivity contribution in [2.75, 3.05) is 39.5 Å². The molecule has 1 N–H and O–H groups in total. The molecule has 0 saturated heterocycles. The molecule has 2 aromatic carbocycles. The van der Waals surface area contributed by atoms with Gasteiger partial charge < -0.3 is 19.5 Å². The van der Waals surface area contributed by atoms with Crippen molar-refractivity contribution >= 4 is 6.09 Å². The van der Waals surface area contributed by atoms with Crippen LogP contribution in [0.1, 0.15) is 17.0 Å². The lowest BCUT2D eigenvalue weighted by Gasteiger charge is -2.23. The zero-order chi connectivity index (χ0) is 20.9. The second-order valence-electron chi connectivity index (χ2n) is 6.68. The van der Waals surface area contributed by atoms with Gasteiger partial charge in [0.15, 0.2) is 0 Å². The molecule has 1 aliphatic carbocycles. The van der Waals surface area contributed by atoms with E-state index in [0.29, 0.717) is 0 Å². The number of alkyl halides is 3. The van der Waals surface area contributed by atoms with Gasteiger partial charge in [0.2, 0.25) is 0 Å². The molecule has 0 saturated carbocycles. The third kappa shape index (κ3) is 5.27. The van der Waals surface area contributed by atoms with E-state index < -0.39 is 18.9 Å². The molecule has 5 nitrogen and oxygen atoms in total. The molecule has 1 amide bonds. The second kappa shape index (κ2) is 9.28. The van der Waals surface area contributed by atoms with Gasteiger partial charge >= 0.3 is 12.3 Å². The molecule has 156 valence electrons. The minimum absolute atomic E-state index is 0.0496. The van der Waals surface area contributed by atoms with Gasteiger partial charge in [-0.2, -0.15) is 13.2 Å². The van der Waals surface area contributed by atoms with Gasteiger partial charge in [0.25, 0.3) is 0 Å². The first-order valence-electron chi connectivity index (χ1n) is 9.26. The van der Waals surface area contributed by atoms with Crippen LogP contribution in [0.5, 0.6) is 0 Å². The summed E-state index contributed by atoms with van der Waals surface area (Å²) in [4.78, 5) is 13.6. The van der Waals surface area contributed by atoms with Gasteiger partial charge in [-0.05, 0) is 22.3 Å². The number of rotatable bonds is 8. The van der Waals surface area contributed by atoms with Crippen LogP contribution in [-0.4, -0.2) is 61.8 Å². The van der Waals surface area contributed by atoms with E-state index in [-0.39, 0.29) is 38.8 Å². The molecule has 2 aromatic rings. The van der Waals surface area contributed by atoms with E-state index in [0.717, 1.165) is 27.2 Å². The quantitative estimate of drug-likeness (QED) is 0.674. The van der Waals surface area contributed by atoms with Crippen LogP contribution in [0.4, 0.5) is 18.0 Å². The minimum atomic E-state index is -4.43. The Bertz CT molecular complexity index is 795. The summed E-state index contributed by atoms with van der Waals surface area (Å²) < 4.78 is 46.4. The maximum atomic E-state index is 12.4. The lowest BCUT2D eigenvalue weighted by Crippen LogP contribution is -2.37. The third-order valence-corrected chi connectivity index (χ3v) is 4.74. The fourth-order valence-electron chi connectivity index (χ4n) is 3.46. The summed E-state index contributed by atoms with van der Waals surface area (Å²) in [5.41, 5.74) is 4.31. The van der Waals surface area contributed by atoms with Crippen LogP contribution in [-0.2, 0) is 9.47 Å². The number of halogens is 3. The highest BCUT2D eigenvalue weighted by atomic mass is 19.4. The molecule has 29 heavy (non-hydrogen) atoms. The number of hydrogen-bond donors (Lipinski definition) is 1. The number of carbonyl (C=O) groups is 1. The van der Waals surface area contributed by atoms with Crippen LogP contribution < -0.4 is 0 Å². The Balaban J connectivity index is 1.61. The van der Waals surface area contributed by atoms with Crippen molar-refractivity contribution in [1.29, 1.82) is 0 Å². The molecule has 8 heteroatoms. The van der Waals surface area contributed by atoms with Gasteiger partial charge in [-0.15, -0.1) is 0 Å². The Hall–Kier alpha value is -2.58. The molecule has 0 spiro atoms. The molecule has 1 aliphatic rings. The van der Waals surface area contributed by atoms with Gasteiger partial charge in [0, 0.05) is 19.0 Å². The van der Waals surface area contributed by atoms with E-state index in [4.69, 9.17) is 9.84 Å². The van der Waals surface area contributed by atoms with E-state index in [1.807, 2.05) is 48.5 Å². The summed E-state index contributed by atoms with van der Waals surface area (Å²) in [6.45, 7) is -2.07. The first-order chi connectivity index (χ1) is 13.9. The Kier molecular flexibility index (Phi) is 6.76. The highest BCUT2D eigenvalue weighted by Gasteiger charge is 2.30. The zero-order valence-electron chi connectivity index (χ0n) is 15.7. The van der Waals surface area contributed by atoms with Crippen LogP contribution in [0.15, 0.2) is 48.5 Å². The number of carbonyl (C=O) groups excluding carboxylic acids is 1. The summed E-state index contributed by atoms with van der Waals surface area (Å²) in [6.07, 6.45) is -5.12. The maximum absolute atomic E-state index is 12.4. The Labute approximate surface area is 166 Å². The smallest absolute Gasteiger partial charge is 0.411 e. The van der Waals surface area contributed by atoms with E-state index in [1.165, 1.54) is 0 Å². The predicted molar refractivity (Wildman–Crippen MR) is 101 cm³/mol. The van der Waals surface area contributed by atoms with Crippen LogP contribution >= 0.6 is 0 Å². The fraction of sp³-hybridized carbons (Fsp3) is 0.381. The van der Waals surface area contributed by atoms with Crippen LogP contribution in [0.2, 0.25) is 0 Å². The SMILES string of the molecule is O=C(OCC1c2ccccc2-c2ccccc21)N(CCO)CCOCC(F)(F)F. The maximum Gasteiger partial charge on any atom is 0.411 e. The molecule has 0 fully saturated rings. The summed E-state index contributed by atoms with van der Waals surface area (Å²) >= 11 is 0. The van der Waals surface area contributed by atoms with Gasteiger partial charge in [0.1, 0.15) is 13.2 Å². The van der Waals surface area contributed by atoms with Crippen molar-refractivity contribution < 1.29 is 32.5 Å². The topological polar surface area (TPSA) is 59.0 Å². The normalized spacial score (nSPS) is 13.1. The van der Waals surface area contributed by atoms with E-state index >= 15 is 0 Å². The monoisotopic (exact) mass is 409 g/mol. The lowest BCUT2D eigenvalue weighted by molar-refractivity contribution is -0.174. The summed E-state index contributed by atoms with van der Waals surface area (Å²) in [6, 6.07) is 15.8. The highest BCUT2D eigenvalue weighted by Crippen LogP contribution is 2.44. The van der Waals surface area contributed by atoms with Crippen molar-refractivity contribution in [2.45, 2.75) is 12.1 Å². The first-order valence-corrected chi connectivity index (χ1v) is 9.26. The number of aliphatic hydroxyl groups is 1. The van der Waals surface area contributed by atoms with Crippen molar-refractivity contribution in [3.63, 3.8) is 0 Å². The Morgan fingerprint density at radius 3 is 2.14 bits per heavy atom. The standard InChI is InChI=1S/C21H22F3NO4/c22-21(23,24)14-28-12-10-25(9-11-26)20(27)29-13-19-17-7-3-1-5-15(17)16-6-2-4-8-18(16)19/h1-8,19,26H,9-14H2. The molecule has 0 aliphatic heterocycles. The third-order valence-electron chi connectivity index (χ3n) is 4.74. The number of hydrogen-bond acceptors (Lipinski definition) is 4. The molecule has 0 unspecified atom stereocenters. The van der Waals surface area contributed by atoms with E-state index in [2.05, 4.69) is 4.74 Å². The summed E-state index contributed by atoms with van der Waals surface area (Å²) in [5, 5.41) is 9.14. The van der Waals surface area contributed by atoms with Crippen LogP contribution in [0.25, 0.3) is 11.1 Å². The van der Waals surface area contributed by atoms with Gasteiger partial charge in [-0.3, -0.25) is 0 Å². The molecule has 0 bridgehead atoms. The van der Waals surface area contributed by atoms with Crippen molar-refractivity contribution in [3.8, 4) is 11.1 Å². The van der Waals surface area contributed by atoms with E-state index in [9.17, 15) is 18.0 Å². The lowest BCUT2D eigenvalue weighted by atomic mass is 9.98. The molecule has 0 atom stereocenters. The zero-order valence-corrected chi connectivity index (χ0v) is 15.7. The molecule has 3 rings (SSSR count). The van der Waals surface area contributed by atoms with Crippen molar-refractivity contribution in [2.24, 2.45) is 0 Å². The van der Waals surface area contributed by atoms with Crippen LogP contribution in [0, 0.1) is 0 Å². The summed E-state index contributed by atoms with van der Waals surface area (Å²) in [5.74, 6) is -0.121. The van der Waals surface area contributed by atoms with Crippen molar-refractivity contribution in [1.82, 2.24) is 4.90 Å². The highest BCUT2D eigenvalue weighted by molar-refractivity contribution is 5.79. The Morgan fingerprint density at radius 1 is 1.00 bits per heavy atom. The molecular weight excluding hydrogens is 387 g/mol. The average Bonchev–Trinajstić information content (AvgIpc) is 3.01. The number of amides is 1. The fourth-order valence-corrected chi connectivity index (χ4v) is 3.46. The Morgan fingerprint density at radius 2 is 1.59 bits per heavy atom. The predicted octanol–water partition coefficient (Wildman–Crippen LogP) is 3.81. The number of benzene rings is 2. The first kappa shape index (κ1) is 21.1. The molecule has 0 heterocycles. The molecule has 0 aromatic heterocycles. The molecule has 0 radical (unpaired) electrons. The average molecular weight is 409 g/mol. The largest absolute Gasteiger partial charge is 0.448 e. The van der Waals surface area contributed by atoms with E-state index in [1.54, 1.807) is 0 Å². The number of ether oxygens (including phenoxy) is 2.